The molecule has 0 radical (unpaired) electrons. The van der Waals surface area contributed by atoms with Crippen molar-refractivity contribution in [2.75, 3.05) is 13.2 Å². The van der Waals surface area contributed by atoms with Gasteiger partial charge in [0.1, 0.15) is 5.78 Å². The van der Waals surface area contributed by atoms with Gasteiger partial charge in [-0.3, -0.25) is 9.78 Å². The molecule has 1 aromatic heterocycles. The maximum Gasteiger partial charge on any atom is 0.142 e. The SMILES string of the molecule is CCOCCC(=O)C(C)c1ccncc1. The molecule has 0 amide bonds. The van der Waals surface area contributed by atoms with E-state index in [0.29, 0.717) is 19.6 Å². The summed E-state index contributed by atoms with van der Waals surface area (Å²) in [5, 5.41) is 0. The topological polar surface area (TPSA) is 39.2 Å². The average molecular weight is 207 g/mol. The van der Waals surface area contributed by atoms with Gasteiger partial charge in [-0.2, -0.15) is 0 Å². The van der Waals surface area contributed by atoms with E-state index in [4.69, 9.17) is 4.74 Å². The lowest BCUT2D eigenvalue weighted by molar-refractivity contribution is -0.121. The van der Waals surface area contributed by atoms with Crippen LogP contribution in [0.25, 0.3) is 0 Å². The molecular formula is C12H17NO2. The van der Waals surface area contributed by atoms with Crippen LogP contribution in [-0.2, 0) is 9.53 Å². The molecule has 1 aromatic rings. The fourth-order valence-corrected chi connectivity index (χ4v) is 1.37. The van der Waals surface area contributed by atoms with Crippen LogP contribution in [0, 0.1) is 0 Å². The molecule has 0 N–H and O–H groups in total. The zero-order valence-electron chi connectivity index (χ0n) is 9.27. The van der Waals surface area contributed by atoms with E-state index in [-0.39, 0.29) is 11.7 Å². The number of hydrogen-bond acceptors (Lipinski definition) is 3. The first-order chi connectivity index (χ1) is 7.25. The van der Waals surface area contributed by atoms with E-state index in [1.165, 1.54) is 0 Å². The number of Topliss-reactive ketones (excluding diaryl/α,β-unsaturated/α-hetero) is 1. The summed E-state index contributed by atoms with van der Waals surface area (Å²) in [6.45, 7) is 5.03. The van der Waals surface area contributed by atoms with Crippen LogP contribution in [-0.4, -0.2) is 24.0 Å². The Morgan fingerprint density at radius 3 is 2.73 bits per heavy atom. The maximum atomic E-state index is 11.7. The molecule has 15 heavy (non-hydrogen) atoms. The Morgan fingerprint density at radius 2 is 2.13 bits per heavy atom. The van der Waals surface area contributed by atoms with Crippen LogP contribution in [0.5, 0.6) is 0 Å². The van der Waals surface area contributed by atoms with Crippen LogP contribution >= 0.6 is 0 Å². The molecule has 0 saturated carbocycles. The summed E-state index contributed by atoms with van der Waals surface area (Å²) in [5.41, 5.74) is 1.02. The molecule has 1 atom stereocenters. The number of aromatic nitrogens is 1. The summed E-state index contributed by atoms with van der Waals surface area (Å²) < 4.78 is 5.16. The maximum absolute atomic E-state index is 11.7. The molecule has 3 nitrogen and oxygen atoms in total. The molecule has 1 rings (SSSR count). The highest BCUT2D eigenvalue weighted by Gasteiger charge is 2.14. The van der Waals surface area contributed by atoms with Crippen molar-refractivity contribution >= 4 is 5.78 Å². The van der Waals surface area contributed by atoms with Crippen molar-refractivity contribution in [2.24, 2.45) is 0 Å². The highest BCUT2D eigenvalue weighted by atomic mass is 16.5. The van der Waals surface area contributed by atoms with E-state index >= 15 is 0 Å². The predicted octanol–water partition coefficient (Wildman–Crippen LogP) is 2.18. The molecule has 0 fully saturated rings. The number of pyridine rings is 1. The summed E-state index contributed by atoms with van der Waals surface area (Å²) in [5.74, 6) is 0.156. The van der Waals surface area contributed by atoms with Crippen molar-refractivity contribution in [2.45, 2.75) is 26.2 Å². The van der Waals surface area contributed by atoms with Crippen LogP contribution in [0.4, 0.5) is 0 Å². The summed E-state index contributed by atoms with van der Waals surface area (Å²) in [6.07, 6.45) is 3.90. The normalized spacial score (nSPS) is 12.4. The number of ketones is 1. The Hall–Kier alpha value is -1.22. The van der Waals surface area contributed by atoms with Crippen molar-refractivity contribution in [3.05, 3.63) is 30.1 Å². The number of ether oxygens (including phenoxy) is 1. The fraction of sp³-hybridized carbons (Fsp3) is 0.500. The van der Waals surface area contributed by atoms with Crippen LogP contribution in [0.2, 0.25) is 0 Å². The molecule has 0 bridgehead atoms. The van der Waals surface area contributed by atoms with Gasteiger partial charge < -0.3 is 4.74 Å². The summed E-state index contributed by atoms with van der Waals surface area (Å²) in [6, 6.07) is 3.76. The van der Waals surface area contributed by atoms with Crippen LogP contribution in [0.3, 0.4) is 0 Å². The lowest BCUT2D eigenvalue weighted by Crippen LogP contribution is -2.12. The molecule has 1 unspecified atom stereocenters. The van der Waals surface area contributed by atoms with Crippen LogP contribution < -0.4 is 0 Å². The Morgan fingerprint density at radius 1 is 1.47 bits per heavy atom. The third kappa shape index (κ3) is 3.80. The van der Waals surface area contributed by atoms with Gasteiger partial charge >= 0.3 is 0 Å². The van der Waals surface area contributed by atoms with Gasteiger partial charge in [0.15, 0.2) is 0 Å². The van der Waals surface area contributed by atoms with Crippen molar-refractivity contribution in [1.82, 2.24) is 4.98 Å². The lowest BCUT2D eigenvalue weighted by Gasteiger charge is -2.10. The predicted molar refractivity (Wildman–Crippen MR) is 58.8 cm³/mol. The first kappa shape index (κ1) is 11.9. The molecule has 0 aliphatic heterocycles. The first-order valence-corrected chi connectivity index (χ1v) is 5.26. The molecule has 0 spiro atoms. The van der Waals surface area contributed by atoms with Crippen LogP contribution in [0.15, 0.2) is 24.5 Å². The third-order valence-corrected chi connectivity index (χ3v) is 2.39. The Labute approximate surface area is 90.5 Å². The van der Waals surface area contributed by atoms with E-state index in [9.17, 15) is 4.79 Å². The highest BCUT2D eigenvalue weighted by Crippen LogP contribution is 2.16. The zero-order chi connectivity index (χ0) is 11.1. The van der Waals surface area contributed by atoms with Crippen molar-refractivity contribution in [1.29, 1.82) is 0 Å². The summed E-state index contributed by atoms with van der Waals surface area (Å²) in [4.78, 5) is 15.6. The van der Waals surface area contributed by atoms with Gasteiger partial charge in [0.2, 0.25) is 0 Å². The lowest BCUT2D eigenvalue weighted by atomic mass is 9.96. The van der Waals surface area contributed by atoms with E-state index in [0.717, 1.165) is 5.56 Å². The minimum Gasteiger partial charge on any atom is -0.381 e. The van der Waals surface area contributed by atoms with Gasteiger partial charge in [0.05, 0.1) is 6.61 Å². The van der Waals surface area contributed by atoms with E-state index in [2.05, 4.69) is 4.98 Å². The largest absolute Gasteiger partial charge is 0.381 e. The van der Waals surface area contributed by atoms with Crippen LogP contribution in [0.1, 0.15) is 31.7 Å². The van der Waals surface area contributed by atoms with Gasteiger partial charge in [-0.25, -0.2) is 0 Å². The van der Waals surface area contributed by atoms with E-state index in [1.807, 2.05) is 26.0 Å². The Balaban J connectivity index is 2.46. The van der Waals surface area contributed by atoms with Gasteiger partial charge in [-0.1, -0.05) is 6.92 Å². The Bertz CT molecular complexity index is 298. The molecule has 0 aliphatic carbocycles. The standard InChI is InChI=1S/C12H17NO2/c1-3-15-9-6-12(14)10(2)11-4-7-13-8-5-11/h4-5,7-8,10H,3,6,9H2,1-2H3. The summed E-state index contributed by atoms with van der Waals surface area (Å²) in [7, 11) is 0. The number of hydrogen-bond donors (Lipinski definition) is 0. The smallest absolute Gasteiger partial charge is 0.142 e. The molecule has 82 valence electrons. The molecule has 1 heterocycles. The average Bonchev–Trinajstić information content (AvgIpc) is 2.29. The minimum absolute atomic E-state index is 0.0616. The second kappa shape index (κ2) is 6.30. The van der Waals surface area contributed by atoms with Gasteiger partial charge in [0.25, 0.3) is 0 Å². The van der Waals surface area contributed by atoms with Gasteiger partial charge in [-0.05, 0) is 24.6 Å². The molecule has 3 heteroatoms. The number of carbonyl (C=O) groups is 1. The monoisotopic (exact) mass is 207 g/mol. The Kier molecular flexibility index (Phi) is 4.98. The quantitative estimate of drug-likeness (QED) is 0.671. The minimum atomic E-state index is -0.0616. The van der Waals surface area contributed by atoms with Gasteiger partial charge in [0, 0.05) is 31.3 Å². The molecule has 0 saturated heterocycles. The molecule has 0 aliphatic rings. The van der Waals surface area contributed by atoms with Gasteiger partial charge in [-0.15, -0.1) is 0 Å². The highest BCUT2D eigenvalue weighted by molar-refractivity contribution is 5.85. The fourth-order valence-electron chi connectivity index (χ4n) is 1.37. The second-order valence-electron chi connectivity index (χ2n) is 3.42. The molecule has 0 aromatic carbocycles. The zero-order valence-corrected chi connectivity index (χ0v) is 9.27. The molecular weight excluding hydrogens is 190 g/mol. The number of rotatable bonds is 6. The van der Waals surface area contributed by atoms with Crippen molar-refractivity contribution in [3.8, 4) is 0 Å². The summed E-state index contributed by atoms with van der Waals surface area (Å²) >= 11 is 0. The van der Waals surface area contributed by atoms with Crippen molar-refractivity contribution in [3.63, 3.8) is 0 Å². The van der Waals surface area contributed by atoms with E-state index < -0.39 is 0 Å². The first-order valence-electron chi connectivity index (χ1n) is 5.26. The van der Waals surface area contributed by atoms with Crippen molar-refractivity contribution < 1.29 is 9.53 Å². The third-order valence-electron chi connectivity index (χ3n) is 2.39. The second-order valence-corrected chi connectivity index (χ2v) is 3.42. The van der Waals surface area contributed by atoms with E-state index in [1.54, 1.807) is 12.4 Å². The number of carbonyl (C=O) groups excluding carboxylic acids is 1. The number of nitrogens with zero attached hydrogens (tertiary/aromatic N) is 1.